The normalized spacial score (nSPS) is 11.7. The Morgan fingerprint density at radius 1 is 0.917 bits per heavy atom. The van der Waals surface area contributed by atoms with Gasteiger partial charge in [-0.05, 0) is 48.9 Å². The van der Waals surface area contributed by atoms with E-state index in [9.17, 15) is 35.9 Å². The quantitative estimate of drug-likeness (QED) is 0.382. The third-order valence-electron chi connectivity index (χ3n) is 4.74. The first-order chi connectivity index (χ1) is 16.7. The van der Waals surface area contributed by atoms with Crippen molar-refractivity contribution in [3.05, 3.63) is 76.6 Å². The second-order valence-corrected chi connectivity index (χ2v) is 7.34. The maximum absolute atomic E-state index is 13.9. The predicted molar refractivity (Wildman–Crippen MR) is 113 cm³/mol. The number of halogens is 6. The Morgan fingerprint density at radius 2 is 1.61 bits per heavy atom. The second kappa shape index (κ2) is 9.76. The molecule has 0 aliphatic heterocycles. The maximum atomic E-state index is 13.9. The van der Waals surface area contributed by atoms with E-state index in [1.807, 2.05) is 0 Å². The van der Waals surface area contributed by atoms with Gasteiger partial charge in [-0.25, -0.2) is 9.78 Å². The summed E-state index contributed by atoms with van der Waals surface area (Å²) in [6, 6.07) is 6.28. The van der Waals surface area contributed by atoms with Gasteiger partial charge in [0.15, 0.2) is 11.5 Å². The molecule has 0 unspecified atom stereocenters. The lowest BCUT2D eigenvalue weighted by Gasteiger charge is -2.20. The Morgan fingerprint density at radius 3 is 2.14 bits per heavy atom. The van der Waals surface area contributed by atoms with Crippen molar-refractivity contribution in [2.75, 3.05) is 12.4 Å². The number of alkyl halides is 6. The van der Waals surface area contributed by atoms with Crippen LogP contribution in [0.1, 0.15) is 37.5 Å². The minimum Gasteiger partial charge on any atom is -0.493 e. The molecular weight excluding hydrogens is 498 g/mol. The highest BCUT2D eigenvalue weighted by molar-refractivity contribution is 6.07. The number of methoxy groups -OCH3 is 1. The number of benzene rings is 2. The maximum Gasteiger partial charge on any atom is 0.417 e. The number of aromatic nitrogens is 1. The summed E-state index contributed by atoms with van der Waals surface area (Å²) in [6.45, 7) is 1.67. The van der Waals surface area contributed by atoms with E-state index in [1.54, 1.807) is 6.92 Å². The van der Waals surface area contributed by atoms with Crippen LogP contribution >= 0.6 is 0 Å². The molecule has 1 aromatic heterocycles. The average Bonchev–Trinajstić information content (AvgIpc) is 2.78. The number of carbonyl (C=O) groups is 2. The van der Waals surface area contributed by atoms with Gasteiger partial charge in [0.2, 0.25) is 0 Å². The van der Waals surface area contributed by atoms with E-state index in [2.05, 4.69) is 10.3 Å². The third-order valence-corrected chi connectivity index (χ3v) is 4.74. The van der Waals surface area contributed by atoms with Crippen molar-refractivity contribution in [2.45, 2.75) is 19.3 Å². The van der Waals surface area contributed by atoms with Crippen LogP contribution in [0.4, 0.5) is 32.0 Å². The number of ether oxygens (including phenoxy) is 2. The summed E-state index contributed by atoms with van der Waals surface area (Å²) in [6.07, 6.45) is -9.71. The fourth-order valence-corrected chi connectivity index (χ4v) is 3.08. The average molecular weight is 514 g/mol. The molecule has 2 N–H and O–H groups in total. The van der Waals surface area contributed by atoms with Crippen LogP contribution < -0.4 is 14.8 Å². The number of rotatable bonds is 6. The van der Waals surface area contributed by atoms with Crippen LogP contribution in [-0.4, -0.2) is 29.1 Å². The monoisotopic (exact) mass is 514 g/mol. The number of nitrogens with one attached hydrogen (secondary N) is 1. The number of aryl methyl sites for hydroxylation is 1. The van der Waals surface area contributed by atoms with Gasteiger partial charge in [0.1, 0.15) is 11.4 Å². The van der Waals surface area contributed by atoms with E-state index < -0.39 is 52.4 Å². The summed E-state index contributed by atoms with van der Waals surface area (Å²) < 4.78 is 92.4. The number of anilines is 1. The molecule has 0 fully saturated rings. The Labute approximate surface area is 199 Å². The first kappa shape index (κ1) is 26.3. The minimum atomic E-state index is -5.38. The van der Waals surface area contributed by atoms with Crippen molar-refractivity contribution in [1.82, 2.24) is 4.98 Å². The van der Waals surface area contributed by atoms with Crippen molar-refractivity contribution in [1.29, 1.82) is 0 Å². The van der Waals surface area contributed by atoms with Gasteiger partial charge in [-0.1, -0.05) is 6.07 Å². The Kier molecular flexibility index (Phi) is 7.13. The van der Waals surface area contributed by atoms with Crippen LogP contribution in [0.15, 0.2) is 48.7 Å². The number of nitrogens with zero attached hydrogens (tertiary/aromatic N) is 1. The first-order valence-corrected chi connectivity index (χ1v) is 9.86. The highest BCUT2D eigenvalue weighted by Gasteiger charge is 2.42. The number of hydrogen-bond acceptors (Lipinski definition) is 5. The van der Waals surface area contributed by atoms with Gasteiger partial charge in [0.05, 0.1) is 35.7 Å². The molecule has 0 aliphatic rings. The van der Waals surface area contributed by atoms with E-state index in [0.717, 1.165) is 18.3 Å². The summed E-state index contributed by atoms with van der Waals surface area (Å²) in [7, 11) is 1.22. The zero-order valence-electron chi connectivity index (χ0n) is 18.4. The van der Waals surface area contributed by atoms with E-state index in [4.69, 9.17) is 14.6 Å². The Bertz CT molecular complexity index is 1300. The molecule has 0 radical (unpaired) electrons. The summed E-state index contributed by atoms with van der Waals surface area (Å²) >= 11 is 0. The number of hydrogen-bond donors (Lipinski definition) is 2. The lowest BCUT2D eigenvalue weighted by Crippen LogP contribution is -2.21. The molecule has 190 valence electrons. The molecule has 0 aliphatic carbocycles. The van der Waals surface area contributed by atoms with Gasteiger partial charge >= 0.3 is 18.3 Å². The molecule has 0 atom stereocenters. The number of carbonyl (C=O) groups excluding carboxylic acids is 1. The number of amides is 1. The number of pyridine rings is 1. The van der Waals surface area contributed by atoms with Gasteiger partial charge in [-0.15, -0.1) is 0 Å². The molecule has 2 aromatic carbocycles. The third kappa shape index (κ3) is 5.85. The van der Waals surface area contributed by atoms with Crippen molar-refractivity contribution in [3.8, 4) is 17.2 Å². The fourth-order valence-electron chi connectivity index (χ4n) is 3.08. The number of carboxylic acids is 1. The fraction of sp³-hybridized carbons (Fsp3) is 0.174. The van der Waals surface area contributed by atoms with Crippen LogP contribution in [0.5, 0.6) is 17.2 Å². The Hall–Kier alpha value is -4.29. The van der Waals surface area contributed by atoms with Crippen molar-refractivity contribution in [3.63, 3.8) is 0 Å². The van der Waals surface area contributed by atoms with E-state index >= 15 is 0 Å². The SMILES string of the molecule is COc1cc(C)ccc1Oc1cc(C(F)(F)F)cc(C(F)(F)F)c1C(=O)Nc1ccc(C(=O)O)nc1. The minimum absolute atomic E-state index is 0.000730. The van der Waals surface area contributed by atoms with E-state index in [-0.39, 0.29) is 29.3 Å². The van der Waals surface area contributed by atoms with E-state index in [0.29, 0.717) is 5.56 Å². The molecule has 1 amide bonds. The van der Waals surface area contributed by atoms with Crippen LogP contribution in [0.25, 0.3) is 0 Å². The predicted octanol–water partition coefficient (Wildman–Crippen LogP) is 6.18. The Balaban J connectivity index is 2.18. The summed E-state index contributed by atoms with van der Waals surface area (Å²) in [5.74, 6) is -4.13. The van der Waals surface area contributed by atoms with Crippen LogP contribution in [0.2, 0.25) is 0 Å². The van der Waals surface area contributed by atoms with Crippen LogP contribution in [-0.2, 0) is 12.4 Å². The molecular formula is C23H16F6N2O5. The van der Waals surface area contributed by atoms with Gasteiger partial charge in [0.25, 0.3) is 5.91 Å². The number of aromatic carboxylic acids is 1. The highest BCUT2D eigenvalue weighted by atomic mass is 19.4. The van der Waals surface area contributed by atoms with Crippen LogP contribution in [0.3, 0.4) is 0 Å². The smallest absolute Gasteiger partial charge is 0.417 e. The standard InChI is InChI=1S/C23H16F6N2O5/c1-11-3-6-16(17(7-11)35-2)36-18-9-12(22(24,25)26)8-14(23(27,28)29)19(18)20(32)31-13-4-5-15(21(33)34)30-10-13/h3-10H,1-2H3,(H,31,32)(H,33,34). The first-order valence-electron chi connectivity index (χ1n) is 9.86. The molecule has 0 saturated heterocycles. The lowest BCUT2D eigenvalue weighted by atomic mass is 10.0. The van der Waals surface area contributed by atoms with Gasteiger partial charge < -0.3 is 19.9 Å². The van der Waals surface area contributed by atoms with Crippen molar-refractivity contribution in [2.24, 2.45) is 0 Å². The topological polar surface area (TPSA) is 97.8 Å². The van der Waals surface area contributed by atoms with Gasteiger partial charge in [-0.2, -0.15) is 26.3 Å². The van der Waals surface area contributed by atoms with Crippen molar-refractivity contribution >= 4 is 17.6 Å². The summed E-state index contributed by atoms with van der Waals surface area (Å²) in [4.78, 5) is 27.4. The largest absolute Gasteiger partial charge is 0.493 e. The molecule has 0 bridgehead atoms. The van der Waals surface area contributed by atoms with Gasteiger partial charge in [0, 0.05) is 0 Å². The highest BCUT2D eigenvalue weighted by Crippen LogP contribution is 2.44. The molecule has 36 heavy (non-hydrogen) atoms. The van der Waals surface area contributed by atoms with E-state index in [1.165, 1.54) is 25.3 Å². The molecule has 0 spiro atoms. The second-order valence-electron chi connectivity index (χ2n) is 7.34. The van der Waals surface area contributed by atoms with Crippen molar-refractivity contribution < 1.29 is 50.5 Å². The zero-order valence-corrected chi connectivity index (χ0v) is 18.4. The molecule has 1 heterocycles. The lowest BCUT2D eigenvalue weighted by molar-refractivity contribution is -0.143. The zero-order chi connectivity index (χ0) is 26.8. The molecule has 13 heteroatoms. The molecule has 3 rings (SSSR count). The molecule has 7 nitrogen and oxygen atoms in total. The van der Waals surface area contributed by atoms with Gasteiger partial charge in [-0.3, -0.25) is 4.79 Å². The van der Waals surface area contributed by atoms with Crippen LogP contribution in [0, 0.1) is 6.92 Å². The summed E-state index contributed by atoms with van der Waals surface area (Å²) in [5.41, 5.74) is -4.79. The molecule has 3 aromatic rings. The number of carboxylic acid groups (broad SMARTS) is 1. The molecule has 0 saturated carbocycles. The summed E-state index contributed by atoms with van der Waals surface area (Å²) in [5, 5.41) is 11.0.